The molecule has 6 nitrogen and oxygen atoms in total. The van der Waals surface area contributed by atoms with Crippen molar-refractivity contribution in [2.75, 3.05) is 0 Å². The van der Waals surface area contributed by atoms with E-state index in [1.54, 1.807) is 18.3 Å². The zero-order chi connectivity index (χ0) is 18.0. The molecule has 25 heavy (non-hydrogen) atoms. The fourth-order valence-corrected chi connectivity index (χ4v) is 3.30. The number of aryl methyl sites for hydroxylation is 1. The molecule has 128 valence electrons. The van der Waals surface area contributed by atoms with Gasteiger partial charge in [0.25, 0.3) is 10.0 Å². The smallest absolute Gasteiger partial charge is 0.276 e. The monoisotopic (exact) mass is 355 g/mol. The lowest BCUT2D eigenvalue weighted by Crippen LogP contribution is -2.18. The summed E-state index contributed by atoms with van der Waals surface area (Å²) in [6.07, 6.45) is 3.03. The number of nitrogens with zero attached hydrogens (tertiary/aromatic N) is 2. The van der Waals surface area contributed by atoms with Gasteiger partial charge in [0.05, 0.1) is 16.6 Å². The number of carbonyl (C=O) groups is 1. The number of hydrogen-bond donors (Lipinski definition) is 1. The highest BCUT2D eigenvalue weighted by Crippen LogP contribution is 2.20. The van der Waals surface area contributed by atoms with Crippen molar-refractivity contribution in [1.82, 2.24) is 9.40 Å². The first-order valence-corrected chi connectivity index (χ1v) is 9.09. The molecule has 0 saturated heterocycles. The van der Waals surface area contributed by atoms with Gasteiger partial charge in [-0.25, -0.2) is 4.83 Å². The van der Waals surface area contributed by atoms with E-state index in [0.29, 0.717) is 5.56 Å². The number of para-hydroxylation sites is 1. The predicted octanol–water partition coefficient (Wildman–Crippen LogP) is 2.92. The standard InChI is InChI=1S/C18H17N3O3S/c1-13-7-9-16(10-8-13)25(23,24)20-19-11-15-12-21(14(2)22)18-6-4-3-5-17(15)18/h3-12,20H,1-2H3/b19-11+. The third-order valence-corrected chi connectivity index (χ3v) is 5.03. The van der Waals surface area contributed by atoms with Crippen molar-refractivity contribution >= 4 is 33.0 Å². The molecule has 3 aromatic rings. The Morgan fingerprint density at radius 2 is 1.80 bits per heavy atom. The van der Waals surface area contributed by atoms with Gasteiger partial charge in [-0.1, -0.05) is 35.9 Å². The SMILES string of the molecule is CC(=O)n1cc(/C=N/NS(=O)(=O)c2ccc(C)cc2)c2ccccc21. The van der Waals surface area contributed by atoms with Crippen LogP contribution in [-0.2, 0) is 10.0 Å². The lowest BCUT2D eigenvalue weighted by molar-refractivity contribution is 0.0941. The van der Waals surface area contributed by atoms with Gasteiger partial charge in [-0.05, 0) is 25.1 Å². The van der Waals surface area contributed by atoms with Gasteiger partial charge in [0.15, 0.2) is 0 Å². The highest BCUT2D eigenvalue weighted by atomic mass is 32.2. The van der Waals surface area contributed by atoms with Crippen LogP contribution in [0.15, 0.2) is 64.7 Å². The number of aromatic nitrogens is 1. The number of fused-ring (bicyclic) bond motifs is 1. The van der Waals surface area contributed by atoms with Gasteiger partial charge in [0.1, 0.15) is 0 Å². The highest BCUT2D eigenvalue weighted by Gasteiger charge is 2.13. The molecule has 0 spiro atoms. The predicted molar refractivity (Wildman–Crippen MR) is 97.3 cm³/mol. The summed E-state index contributed by atoms with van der Waals surface area (Å²) in [6.45, 7) is 3.35. The van der Waals surface area contributed by atoms with Gasteiger partial charge in [-0.3, -0.25) is 9.36 Å². The number of carbonyl (C=O) groups excluding carboxylic acids is 1. The maximum atomic E-state index is 12.2. The molecule has 0 fully saturated rings. The Bertz CT molecular complexity index is 1060. The molecule has 7 heteroatoms. The summed E-state index contributed by atoms with van der Waals surface area (Å²) >= 11 is 0. The van der Waals surface area contributed by atoms with Crippen LogP contribution in [0.2, 0.25) is 0 Å². The molecule has 0 aliphatic heterocycles. The van der Waals surface area contributed by atoms with Crippen molar-refractivity contribution in [3.63, 3.8) is 0 Å². The second-order valence-electron chi connectivity index (χ2n) is 5.66. The van der Waals surface area contributed by atoms with Crippen LogP contribution in [0.1, 0.15) is 22.8 Å². The van der Waals surface area contributed by atoms with E-state index in [1.807, 2.05) is 31.2 Å². The Hall–Kier alpha value is -2.93. The molecular weight excluding hydrogens is 338 g/mol. The summed E-state index contributed by atoms with van der Waals surface area (Å²) in [7, 11) is -3.73. The van der Waals surface area contributed by atoms with Crippen LogP contribution in [0, 0.1) is 6.92 Å². The van der Waals surface area contributed by atoms with Crippen molar-refractivity contribution in [2.24, 2.45) is 5.10 Å². The Balaban J connectivity index is 1.89. The minimum Gasteiger partial charge on any atom is -0.287 e. The van der Waals surface area contributed by atoms with Crippen molar-refractivity contribution in [3.05, 3.63) is 65.9 Å². The zero-order valence-electron chi connectivity index (χ0n) is 13.8. The van der Waals surface area contributed by atoms with Crippen LogP contribution in [0.25, 0.3) is 10.9 Å². The van der Waals surface area contributed by atoms with E-state index in [0.717, 1.165) is 16.5 Å². The lowest BCUT2D eigenvalue weighted by atomic mass is 10.2. The number of sulfonamides is 1. The fourth-order valence-electron chi connectivity index (χ4n) is 2.50. The quantitative estimate of drug-likeness (QED) is 0.577. The summed E-state index contributed by atoms with van der Waals surface area (Å²) in [5.74, 6) is -0.129. The van der Waals surface area contributed by atoms with E-state index in [2.05, 4.69) is 9.93 Å². The number of benzene rings is 2. The molecule has 0 aliphatic rings. The normalized spacial score (nSPS) is 11.9. The molecule has 3 rings (SSSR count). The maximum absolute atomic E-state index is 12.2. The fraction of sp³-hybridized carbons (Fsp3) is 0.111. The number of hydrogen-bond acceptors (Lipinski definition) is 4. The average Bonchev–Trinajstić information content (AvgIpc) is 2.94. The van der Waals surface area contributed by atoms with Gasteiger partial charge in [0.2, 0.25) is 5.91 Å². The van der Waals surface area contributed by atoms with Gasteiger partial charge in [-0.15, -0.1) is 0 Å². The molecule has 0 saturated carbocycles. The molecule has 0 unspecified atom stereocenters. The Morgan fingerprint density at radius 3 is 2.48 bits per heavy atom. The first-order chi connectivity index (χ1) is 11.9. The topological polar surface area (TPSA) is 80.5 Å². The average molecular weight is 355 g/mol. The van der Waals surface area contributed by atoms with Crippen molar-refractivity contribution < 1.29 is 13.2 Å². The van der Waals surface area contributed by atoms with Crippen LogP contribution in [-0.4, -0.2) is 25.1 Å². The lowest BCUT2D eigenvalue weighted by Gasteiger charge is -2.03. The third-order valence-electron chi connectivity index (χ3n) is 3.79. The molecule has 1 aromatic heterocycles. The van der Waals surface area contributed by atoms with E-state index < -0.39 is 10.0 Å². The largest absolute Gasteiger partial charge is 0.287 e. The molecule has 0 bridgehead atoms. The molecule has 0 atom stereocenters. The van der Waals surface area contributed by atoms with E-state index >= 15 is 0 Å². The van der Waals surface area contributed by atoms with Gasteiger partial charge < -0.3 is 0 Å². The number of hydrazone groups is 1. The summed E-state index contributed by atoms with van der Waals surface area (Å²) in [4.78, 5) is 14.1. The molecule has 1 N–H and O–H groups in total. The Morgan fingerprint density at radius 1 is 1.12 bits per heavy atom. The summed E-state index contributed by atoms with van der Waals surface area (Å²) < 4.78 is 26.0. The number of nitrogens with one attached hydrogen (secondary N) is 1. The number of rotatable bonds is 4. The minimum absolute atomic E-state index is 0.129. The summed E-state index contributed by atoms with van der Waals surface area (Å²) in [5, 5.41) is 4.66. The molecule has 1 heterocycles. The van der Waals surface area contributed by atoms with Crippen LogP contribution >= 0.6 is 0 Å². The van der Waals surface area contributed by atoms with Gasteiger partial charge >= 0.3 is 0 Å². The zero-order valence-corrected chi connectivity index (χ0v) is 14.6. The van der Waals surface area contributed by atoms with Gasteiger partial charge in [-0.2, -0.15) is 13.5 Å². The molecule has 0 aliphatic carbocycles. The third kappa shape index (κ3) is 3.46. The second kappa shape index (κ2) is 6.52. The van der Waals surface area contributed by atoms with Crippen LogP contribution < -0.4 is 4.83 Å². The van der Waals surface area contributed by atoms with E-state index in [1.165, 1.54) is 29.8 Å². The molecule has 0 radical (unpaired) electrons. The van der Waals surface area contributed by atoms with Crippen LogP contribution in [0.3, 0.4) is 0 Å². The van der Waals surface area contributed by atoms with Gasteiger partial charge in [0, 0.05) is 24.1 Å². The maximum Gasteiger partial charge on any atom is 0.276 e. The van der Waals surface area contributed by atoms with E-state index in [9.17, 15) is 13.2 Å². The van der Waals surface area contributed by atoms with Crippen LogP contribution in [0.4, 0.5) is 0 Å². The van der Waals surface area contributed by atoms with E-state index in [4.69, 9.17) is 0 Å². The first kappa shape index (κ1) is 16.9. The molecular formula is C18H17N3O3S. The van der Waals surface area contributed by atoms with Crippen molar-refractivity contribution in [1.29, 1.82) is 0 Å². The molecule has 0 amide bonds. The van der Waals surface area contributed by atoms with Crippen LogP contribution in [0.5, 0.6) is 0 Å². The van der Waals surface area contributed by atoms with E-state index in [-0.39, 0.29) is 10.8 Å². The molecule has 2 aromatic carbocycles. The second-order valence-corrected chi connectivity index (χ2v) is 7.32. The highest BCUT2D eigenvalue weighted by molar-refractivity contribution is 7.89. The summed E-state index contributed by atoms with van der Waals surface area (Å²) in [6, 6.07) is 13.8. The first-order valence-electron chi connectivity index (χ1n) is 7.61. The van der Waals surface area contributed by atoms with Crippen molar-refractivity contribution in [3.8, 4) is 0 Å². The Kier molecular flexibility index (Phi) is 4.41. The summed E-state index contributed by atoms with van der Waals surface area (Å²) in [5.41, 5.74) is 2.37. The van der Waals surface area contributed by atoms with Crippen molar-refractivity contribution in [2.45, 2.75) is 18.7 Å². The Labute approximate surface area is 145 Å². The minimum atomic E-state index is -3.73.